The zero-order chi connectivity index (χ0) is 12.5. The van der Waals surface area contributed by atoms with Crippen LogP contribution in [0.5, 0.6) is 0 Å². The molecule has 1 aromatic rings. The zero-order valence-electron chi connectivity index (χ0n) is 10.6. The Labute approximate surface area is 109 Å². The van der Waals surface area contributed by atoms with Gasteiger partial charge in [-0.25, -0.2) is 0 Å². The summed E-state index contributed by atoms with van der Waals surface area (Å²) in [7, 11) is 0. The summed E-state index contributed by atoms with van der Waals surface area (Å²) < 4.78 is 5.53. The van der Waals surface area contributed by atoms with Crippen molar-refractivity contribution in [3.05, 3.63) is 35.9 Å². The fourth-order valence-corrected chi connectivity index (χ4v) is 2.81. The van der Waals surface area contributed by atoms with Crippen LogP contribution in [0.4, 0.5) is 0 Å². The highest BCUT2D eigenvalue weighted by atomic mass is 32.1. The van der Waals surface area contributed by atoms with Gasteiger partial charge in [-0.2, -0.15) is 0 Å². The van der Waals surface area contributed by atoms with Crippen molar-refractivity contribution < 1.29 is 4.74 Å². The Morgan fingerprint density at radius 1 is 1.29 bits per heavy atom. The molecule has 0 bridgehead atoms. The van der Waals surface area contributed by atoms with Gasteiger partial charge in [-0.3, -0.25) is 0 Å². The van der Waals surface area contributed by atoms with Crippen molar-refractivity contribution in [3.63, 3.8) is 0 Å². The van der Waals surface area contributed by atoms with Crippen molar-refractivity contribution in [2.45, 2.75) is 38.8 Å². The molecular formula is C14H19NOS. The van der Waals surface area contributed by atoms with Crippen LogP contribution in [-0.4, -0.2) is 28.3 Å². The molecule has 2 nitrogen and oxygen atoms in total. The van der Waals surface area contributed by atoms with Gasteiger partial charge in [0, 0.05) is 5.54 Å². The van der Waals surface area contributed by atoms with Crippen LogP contribution < -0.4 is 0 Å². The molecule has 1 atom stereocenters. The van der Waals surface area contributed by atoms with Gasteiger partial charge in [-0.1, -0.05) is 30.3 Å². The summed E-state index contributed by atoms with van der Waals surface area (Å²) in [4.78, 5) is 2.22. The lowest BCUT2D eigenvalue weighted by Crippen LogP contribution is -2.47. The number of rotatable bonds is 2. The van der Waals surface area contributed by atoms with Crippen LogP contribution >= 0.6 is 12.2 Å². The Balaban J connectivity index is 2.13. The molecule has 1 heterocycles. The van der Waals surface area contributed by atoms with Crippen LogP contribution in [0.3, 0.4) is 0 Å². The molecule has 1 fully saturated rings. The number of benzene rings is 1. The van der Waals surface area contributed by atoms with Gasteiger partial charge in [0.05, 0.1) is 6.04 Å². The van der Waals surface area contributed by atoms with Gasteiger partial charge in [-0.15, -0.1) is 0 Å². The highest BCUT2D eigenvalue weighted by molar-refractivity contribution is 7.80. The van der Waals surface area contributed by atoms with E-state index in [9.17, 15) is 0 Å². The molecule has 1 aromatic carbocycles. The maximum Gasteiger partial charge on any atom is 0.260 e. The molecule has 3 heteroatoms. The molecule has 0 radical (unpaired) electrons. The van der Waals surface area contributed by atoms with Gasteiger partial charge in [0.25, 0.3) is 5.17 Å². The van der Waals surface area contributed by atoms with Crippen molar-refractivity contribution in [3.8, 4) is 0 Å². The van der Waals surface area contributed by atoms with E-state index < -0.39 is 0 Å². The number of nitrogens with zero attached hydrogens (tertiary/aromatic N) is 1. The summed E-state index contributed by atoms with van der Waals surface area (Å²) in [6, 6.07) is 10.9. The van der Waals surface area contributed by atoms with Crippen LogP contribution in [0.2, 0.25) is 0 Å². The number of ether oxygens (including phenoxy) is 1. The van der Waals surface area contributed by atoms with E-state index >= 15 is 0 Å². The van der Waals surface area contributed by atoms with E-state index in [0.717, 1.165) is 6.42 Å². The van der Waals surface area contributed by atoms with Crippen LogP contribution in [0.1, 0.15) is 26.3 Å². The summed E-state index contributed by atoms with van der Waals surface area (Å²) in [6.45, 7) is 7.22. The Morgan fingerprint density at radius 2 is 1.94 bits per heavy atom. The van der Waals surface area contributed by atoms with Gasteiger partial charge in [-0.05, 0) is 45.0 Å². The summed E-state index contributed by atoms with van der Waals surface area (Å²) >= 11 is 5.29. The molecule has 0 unspecified atom stereocenters. The Hall–Kier alpha value is -1.09. The first-order valence-corrected chi connectivity index (χ1v) is 6.39. The lowest BCUT2D eigenvalue weighted by molar-refractivity contribution is 0.199. The second kappa shape index (κ2) is 4.65. The predicted octanol–water partition coefficient (Wildman–Crippen LogP) is 3.01. The molecule has 0 saturated carbocycles. The van der Waals surface area contributed by atoms with Gasteiger partial charge in [0.15, 0.2) is 0 Å². The number of hydrogen-bond donors (Lipinski definition) is 0. The minimum atomic E-state index is 0.0209. The van der Waals surface area contributed by atoms with Crippen molar-refractivity contribution >= 4 is 17.4 Å². The molecule has 17 heavy (non-hydrogen) atoms. The van der Waals surface area contributed by atoms with E-state index in [1.54, 1.807) is 0 Å². The normalized spacial score (nSPS) is 20.5. The monoisotopic (exact) mass is 249 g/mol. The van der Waals surface area contributed by atoms with E-state index in [4.69, 9.17) is 17.0 Å². The third kappa shape index (κ3) is 2.78. The fraction of sp³-hybridized carbons (Fsp3) is 0.500. The van der Waals surface area contributed by atoms with E-state index in [0.29, 0.717) is 17.8 Å². The third-order valence-electron chi connectivity index (χ3n) is 3.00. The molecule has 0 aromatic heterocycles. The molecule has 0 amide bonds. The number of thiocarbonyl (C=S) groups is 1. The van der Waals surface area contributed by atoms with E-state index in [1.165, 1.54) is 5.56 Å². The standard InChI is InChI=1S/C14H19NOS/c1-14(2,3)15-12(10-16-13(15)17)9-11-7-5-4-6-8-11/h4-8,12H,9-10H2,1-3H3/t12-/m0/s1. The summed E-state index contributed by atoms with van der Waals surface area (Å²) in [5.74, 6) is 0. The quantitative estimate of drug-likeness (QED) is 0.748. The highest BCUT2D eigenvalue weighted by Crippen LogP contribution is 2.26. The zero-order valence-corrected chi connectivity index (χ0v) is 11.5. The van der Waals surface area contributed by atoms with Crippen LogP contribution in [0.15, 0.2) is 30.3 Å². The topological polar surface area (TPSA) is 12.5 Å². The van der Waals surface area contributed by atoms with Gasteiger partial charge >= 0.3 is 0 Å². The fourth-order valence-electron chi connectivity index (χ4n) is 2.32. The van der Waals surface area contributed by atoms with Crippen molar-refractivity contribution in [2.24, 2.45) is 0 Å². The van der Waals surface area contributed by atoms with Crippen LogP contribution in [0.25, 0.3) is 0 Å². The molecule has 1 saturated heterocycles. The van der Waals surface area contributed by atoms with Crippen molar-refractivity contribution in [1.82, 2.24) is 4.90 Å². The Bertz CT molecular complexity index is 396. The van der Waals surface area contributed by atoms with Gasteiger partial charge in [0.2, 0.25) is 0 Å². The molecular weight excluding hydrogens is 230 g/mol. The summed E-state index contributed by atoms with van der Waals surface area (Å²) in [5, 5.41) is 0.637. The Morgan fingerprint density at radius 3 is 2.53 bits per heavy atom. The van der Waals surface area contributed by atoms with Crippen LogP contribution in [0, 0.1) is 0 Å². The first-order valence-electron chi connectivity index (χ1n) is 5.98. The minimum absolute atomic E-state index is 0.0209. The Kier molecular flexibility index (Phi) is 3.38. The van der Waals surface area contributed by atoms with Gasteiger partial charge in [0.1, 0.15) is 6.61 Å². The van der Waals surface area contributed by atoms with Crippen LogP contribution in [-0.2, 0) is 11.2 Å². The summed E-state index contributed by atoms with van der Waals surface area (Å²) in [5.41, 5.74) is 1.35. The first kappa shape index (κ1) is 12.4. The maximum absolute atomic E-state index is 5.53. The maximum atomic E-state index is 5.53. The minimum Gasteiger partial charge on any atom is -0.469 e. The number of hydrogen-bond acceptors (Lipinski definition) is 2. The molecule has 2 rings (SSSR count). The average molecular weight is 249 g/mol. The second-order valence-corrected chi connectivity index (χ2v) is 5.81. The van der Waals surface area contributed by atoms with Gasteiger partial charge < -0.3 is 9.64 Å². The SMILES string of the molecule is CC(C)(C)N1C(=S)OC[C@@H]1Cc1ccccc1. The lowest BCUT2D eigenvalue weighted by atomic mass is 10.00. The van der Waals surface area contributed by atoms with Crippen molar-refractivity contribution in [2.75, 3.05) is 6.61 Å². The molecule has 1 aliphatic heterocycles. The van der Waals surface area contributed by atoms with E-state index in [1.807, 2.05) is 6.07 Å². The third-order valence-corrected chi connectivity index (χ3v) is 3.31. The van der Waals surface area contributed by atoms with Crippen molar-refractivity contribution in [1.29, 1.82) is 0 Å². The first-order chi connectivity index (χ1) is 7.98. The van der Waals surface area contributed by atoms with E-state index in [2.05, 4.69) is 49.9 Å². The molecule has 92 valence electrons. The summed E-state index contributed by atoms with van der Waals surface area (Å²) in [6.07, 6.45) is 0.984. The smallest absolute Gasteiger partial charge is 0.260 e. The molecule has 0 N–H and O–H groups in total. The molecule has 0 aliphatic carbocycles. The largest absolute Gasteiger partial charge is 0.469 e. The predicted molar refractivity (Wildman–Crippen MR) is 74.1 cm³/mol. The lowest BCUT2D eigenvalue weighted by Gasteiger charge is -2.36. The highest BCUT2D eigenvalue weighted by Gasteiger charge is 2.37. The second-order valence-electron chi connectivity index (χ2n) is 5.46. The average Bonchev–Trinajstić information content (AvgIpc) is 2.60. The molecule has 0 spiro atoms. The van der Waals surface area contributed by atoms with E-state index in [-0.39, 0.29) is 5.54 Å². The molecule has 1 aliphatic rings.